The van der Waals surface area contributed by atoms with E-state index in [1.807, 2.05) is 6.92 Å². The Morgan fingerprint density at radius 2 is 1.00 bits per heavy atom. The summed E-state index contributed by atoms with van der Waals surface area (Å²) in [6.07, 6.45) is 4.25. The van der Waals surface area contributed by atoms with E-state index in [0.29, 0.717) is 33.0 Å². The van der Waals surface area contributed by atoms with Crippen LogP contribution in [0.5, 0.6) is 0 Å². The van der Waals surface area contributed by atoms with Gasteiger partial charge in [0, 0.05) is 13.2 Å². The molecule has 2 N–H and O–H groups in total. The zero-order valence-electron chi connectivity index (χ0n) is 16.2. The van der Waals surface area contributed by atoms with Gasteiger partial charge < -0.3 is 29.2 Å². The second-order valence-corrected chi connectivity index (χ2v) is 5.72. The number of ether oxygens (including phenoxy) is 4. The Morgan fingerprint density at radius 3 is 1.41 bits per heavy atom. The monoisotopic (exact) mass is 481 g/mol. The molecule has 0 saturated carbocycles. The van der Waals surface area contributed by atoms with Gasteiger partial charge in [-0.25, -0.2) is 0 Å². The normalized spacial score (nSPS) is 9.94. The standard InChI is InChI=1S/2C9H20O3.8CH4/c1-3-4-6-11-8-9(2)12-7-5-10;1-3-4-5-11-6-7-12-8-9(2)10;;;;;;;;/h2*9-10H,3-8H2,1-2H3;8*1H4. The zero-order chi connectivity index (χ0) is 18.5. The molecular formula is C26H72O6. The van der Waals surface area contributed by atoms with Gasteiger partial charge >= 0.3 is 0 Å². The third-order valence-electron chi connectivity index (χ3n) is 2.86. The Hall–Kier alpha value is -0.240. The van der Waals surface area contributed by atoms with Crippen molar-refractivity contribution in [3.8, 4) is 0 Å². The number of unbranched alkanes of at least 4 members (excludes halogenated alkanes) is 2. The highest BCUT2D eigenvalue weighted by Crippen LogP contribution is 1.94. The number of aliphatic hydroxyl groups is 2. The first kappa shape index (κ1) is 63.5. The molecule has 0 amide bonds. The molecule has 0 radical (unpaired) electrons. The van der Waals surface area contributed by atoms with Gasteiger partial charge in [-0.3, -0.25) is 0 Å². The van der Waals surface area contributed by atoms with Crippen molar-refractivity contribution in [2.75, 3.05) is 52.9 Å². The van der Waals surface area contributed by atoms with E-state index >= 15 is 0 Å². The van der Waals surface area contributed by atoms with Crippen LogP contribution in [0.2, 0.25) is 0 Å². The first-order valence-corrected chi connectivity index (χ1v) is 9.22. The summed E-state index contributed by atoms with van der Waals surface area (Å²) in [5.41, 5.74) is 0. The third-order valence-corrected chi connectivity index (χ3v) is 2.86. The van der Waals surface area contributed by atoms with Gasteiger partial charge in [0.15, 0.2) is 0 Å². The van der Waals surface area contributed by atoms with E-state index in [2.05, 4.69) is 13.8 Å². The lowest BCUT2D eigenvalue weighted by Crippen LogP contribution is -2.18. The third kappa shape index (κ3) is 69.9. The lowest BCUT2D eigenvalue weighted by molar-refractivity contribution is -0.0187. The van der Waals surface area contributed by atoms with E-state index in [0.717, 1.165) is 38.9 Å². The van der Waals surface area contributed by atoms with Crippen molar-refractivity contribution in [1.29, 1.82) is 0 Å². The lowest BCUT2D eigenvalue weighted by Gasteiger charge is -2.11. The van der Waals surface area contributed by atoms with Crippen molar-refractivity contribution in [3.05, 3.63) is 0 Å². The van der Waals surface area contributed by atoms with E-state index in [9.17, 15) is 0 Å². The predicted octanol–water partition coefficient (Wildman–Crippen LogP) is 7.49. The van der Waals surface area contributed by atoms with Crippen LogP contribution in [-0.4, -0.2) is 75.3 Å². The maximum absolute atomic E-state index is 8.83. The Kier molecular flexibility index (Phi) is 114. The molecule has 6 heteroatoms. The quantitative estimate of drug-likeness (QED) is 0.223. The minimum Gasteiger partial charge on any atom is -0.394 e. The Labute approximate surface area is 207 Å². The van der Waals surface area contributed by atoms with Crippen molar-refractivity contribution in [1.82, 2.24) is 0 Å². The summed E-state index contributed by atoms with van der Waals surface area (Å²) in [5, 5.41) is 17.3. The number of aliphatic hydroxyl groups excluding tert-OH is 2. The highest BCUT2D eigenvalue weighted by molar-refractivity contribution is 4.46. The Bertz CT molecular complexity index is 216. The number of hydrogen-bond donors (Lipinski definition) is 2. The van der Waals surface area contributed by atoms with Crippen LogP contribution in [0.15, 0.2) is 0 Å². The van der Waals surface area contributed by atoms with Gasteiger partial charge in [0.05, 0.1) is 51.8 Å². The summed E-state index contributed by atoms with van der Waals surface area (Å²) in [6.45, 7) is 12.3. The van der Waals surface area contributed by atoms with Crippen molar-refractivity contribution in [2.45, 2.75) is 125 Å². The average molecular weight is 481 g/mol. The molecule has 0 saturated heterocycles. The Morgan fingerprint density at radius 1 is 0.594 bits per heavy atom. The summed E-state index contributed by atoms with van der Waals surface area (Å²) in [5.74, 6) is 0. The molecule has 0 rings (SSSR count). The fourth-order valence-corrected chi connectivity index (χ4v) is 1.52. The molecule has 32 heavy (non-hydrogen) atoms. The van der Waals surface area contributed by atoms with Crippen LogP contribution in [0.3, 0.4) is 0 Å². The van der Waals surface area contributed by atoms with Crippen LogP contribution < -0.4 is 0 Å². The fourth-order valence-electron chi connectivity index (χ4n) is 1.52. The van der Waals surface area contributed by atoms with E-state index in [1.54, 1.807) is 6.92 Å². The fraction of sp³-hybridized carbons (Fsp3) is 1.00. The van der Waals surface area contributed by atoms with Crippen LogP contribution >= 0.6 is 0 Å². The van der Waals surface area contributed by atoms with E-state index in [1.165, 1.54) is 0 Å². The average Bonchev–Trinajstić information content (AvgIpc) is 2.56. The highest BCUT2D eigenvalue weighted by Gasteiger charge is 2.00. The first-order chi connectivity index (χ1) is 11.6. The van der Waals surface area contributed by atoms with Crippen molar-refractivity contribution >= 4 is 0 Å². The molecule has 212 valence electrons. The lowest BCUT2D eigenvalue weighted by atomic mass is 10.3. The van der Waals surface area contributed by atoms with Gasteiger partial charge in [0.2, 0.25) is 0 Å². The number of hydrogen-bond acceptors (Lipinski definition) is 6. The van der Waals surface area contributed by atoms with Gasteiger partial charge in [-0.05, 0) is 26.7 Å². The molecule has 6 nitrogen and oxygen atoms in total. The summed E-state index contributed by atoms with van der Waals surface area (Å²) in [6, 6.07) is 0. The summed E-state index contributed by atoms with van der Waals surface area (Å²) in [7, 11) is 0. The molecule has 0 spiro atoms. The molecule has 0 aromatic rings. The molecule has 0 fully saturated rings. The first-order valence-electron chi connectivity index (χ1n) is 9.22. The van der Waals surface area contributed by atoms with Gasteiger partial charge in [0.25, 0.3) is 0 Å². The smallest absolute Gasteiger partial charge is 0.0781 e. The van der Waals surface area contributed by atoms with Crippen molar-refractivity contribution < 1.29 is 29.2 Å². The van der Waals surface area contributed by atoms with Gasteiger partial charge in [-0.1, -0.05) is 86.1 Å². The predicted molar refractivity (Wildman–Crippen MR) is 150 cm³/mol. The van der Waals surface area contributed by atoms with Crippen LogP contribution in [0, 0.1) is 0 Å². The van der Waals surface area contributed by atoms with Crippen molar-refractivity contribution in [3.63, 3.8) is 0 Å². The topological polar surface area (TPSA) is 77.4 Å². The summed E-state index contributed by atoms with van der Waals surface area (Å²) in [4.78, 5) is 0. The molecule has 2 unspecified atom stereocenters. The van der Waals surface area contributed by atoms with E-state index in [4.69, 9.17) is 29.2 Å². The minimum absolute atomic E-state index is 0. The van der Waals surface area contributed by atoms with Crippen LogP contribution in [-0.2, 0) is 18.9 Å². The van der Waals surface area contributed by atoms with Crippen molar-refractivity contribution in [2.24, 2.45) is 0 Å². The second kappa shape index (κ2) is 57.5. The zero-order valence-corrected chi connectivity index (χ0v) is 16.2. The molecule has 0 aromatic carbocycles. The molecule has 0 bridgehead atoms. The van der Waals surface area contributed by atoms with Gasteiger partial charge in [0.1, 0.15) is 0 Å². The van der Waals surface area contributed by atoms with Crippen LogP contribution in [0.4, 0.5) is 0 Å². The van der Waals surface area contributed by atoms with E-state index < -0.39 is 0 Å². The SMILES string of the molecule is C.C.C.C.C.C.C.C.CCCCOCC(C)OCCO.CCCCOCCOCC(C)O. The minimum atomic E-state index is -0.374. The molecule has 0 aliphatic carbocycles. The maximum Gasteiger partial charge on any atom is 0.0781 e. The highest BCUT2D eigenvalue weighted by atomic mass is 16.5. The summed E-state index contributed by atoms with van der Waals surface area (Å²) < 4.78 is 20.9. The van der Waals surface area contributed by atoms with Gasteiger partial charge in [-0.15, -0.1) is 0 Å². The largest absolute Gasteiger partial charge is 0.394 e. The summed E-state index contributed by atoms with van der Waals surface area (Å²) >= 11 is 0. The van der Waals surface area contributed by atoms with Crippen LogP contribution in [0.1, 0.15) is 113 Å². The molecule has 0 aliphatic rings. The van der Waals surface area contributed by atoms with E-state index in [-0.39, 0.29) is 78.2 Å². The maximum atomic E-state index is 8.83. The molecular weight excluding hydrogens is 408 g/mol. The molecule has 0 aromatic heterocycles. The molecule has 0 aliphatic heterocycles. The molecule has 0 heterocycles. The Balaban J connectivity index is -0.0000000302. The second-order valence-electron chi connectivity index (χ2n) is 5.72. The van der Waals surface area contributed by atoms with Crippen LogP contribution in [0.25, 0.3) is 0 Å². The van der Waals surface area contributed by atoms with Gasteiger partial charge in [-0.2, -0.15) is 0 Å². The number of rotatable bonds is 16. The molecule has 2 atom stereocenters.